The lowest BCUT2D eigenvalue weighted by Gasteiger charge is -2.07. The normalized spacial score (nSPS) is 11.4. The van der Waals surface area contributed by atoms with Gasteiger partial charge in [-0.15, -0.1) is 0 Å². The highest BCUT2D eigenvalue weighted by molar-refractivity contribution is 7.88. The summed E-state index contributed by atoms with van der Waals surface area (Å²) in [5.41, 5.74) is 6.82. The van der Waals surface area contributed by atoms with E-state index in [9.17, 15) is 8.42 Å². The zero-order chi connectivity index (χ0) is 15.5. The summed E-state index contributed by atoms with van der Waals surface area (Å²) in [4.78, 5) is 8.31. The van der Waals surface area contributed by atoms with E-state index in [1.54, 1.807) is 37.3 Å². The molecule has 0 bridgehead atoms. The minimum Gasteiger partial charge on any atom is -0.439 e. The number of nitrogens with zero attached hydrogens (tertiary/aromatic N) is 2. The zero-order valence-corrected chi connectivity index (χ0v) is 12.3. The van der Waals surface area contributed by atoms with Crippen molar-refractivity contribution in [3.8, 4) is 11.6 Å². The van der Waals surface area contributed by atoms with Crippen LogP contribution in [0.4, 0.5) is 0 Å². The van der Waals surface area contributed by atoms with Crippen molar-refractivity contribution >= 4 is 10.0 Å². The van der Waals surface area contributed by atoms with Crippen LogP contribution in [0, 0.1) is 6.92 Å². The lowest BCUT2D eigenvalue weighted by atomic mass is 10.2. The summed E-state index contributed by atoms with van der Waals surface area (Å²) >= 11 is 0. The van der Waals surface area contributed by atoms with Crippen LogP contribution in [-0.4, -0.2) is 18.4 Å². The second-order valence-electron chi connectivity index (χ2n) is 4.50. The standard InChI is InChI=1S/C13H16N4O3S/c1-9-16-11(7-14)6-13(17-9)20-12-4-2-10(3-5-12)8-21(15,18)19/h2-6H,7-8,14H2,1H3,(H2,15,18,19). The highest BCUT2D eigenvalue weighted by Crippen LogP contribution is 2.21. The average molecular weight is 308 g/mol. The van der Waals surface area contributed by atoms with Crippen molar-refractivity contribution in [1.29, 1.82) is 0 Å². The molecule has 0 aliphatic carbocycles. The molecule has 0 saturated heterocycles. The van der Waals surface area contributed by atoms with Gasteiger partial charge in [-0.2, -0.15) is 4.98 Å². The van der Waals surface area contributed by atoms with Gasteiger partial charge in [-0.1, -0.05) is 12.1 Å². The van der Waals surface area contributed by atoms with Crippen molar-refractivity contribution < 1.29 is 13.2 Å². The molecule has 0 amide bonds. The van der Waals surface area contributed by atoms with Crippen molar-refractivity contribution in [1.82, 2.24) is 9.97 Å². The molecule has 21 heavy (non-hydrogen) atoms. The first-order chi connectivity index (χ1) is 9.85. The number of aromatic nitrogens is 2. The molecular weight excluding hydrogens is 292 g/mol. The number of sulfonamides is 1. The van der Waals surface area contributed by atoms with Crippen LogP contribution >= 0.6 is 0 Å². The smallest absolute Gasteiger partial charge is 0.222 e. The topological polar surface area (TPSA) is 121 Å². The number of hydrogen-bond donors (Lipinski definition) is 2. The quantitative estimate of drug-likeness (QED) is 0.843. The summed E-state index contributed by atoms with van der Waals surface area (Å²) in [5.74, 6) is 1.28. The average Bonchev–Trinajstić information content (AvgIpc) is 2.38. The monoisotopic (exact) mass is 308 g/mol. The van der Waals surface area contributed by atoms with Crippen LogP contribution in [0.2, 0.25) is 0 Å². The van der Waals surface area contributed by atoms with Gasteiger partial charge in [-0.05, 0) is 24.6 Å². The maximum absolute atomic E-state index is 11.0. The van der Waals surface area contributed by atoms with E-state index in [1.807, 2.05) is 0 Å². The van der Waals surface area contributed by atoms with Crippen molar-refractivity contribution in [2.45, 2.75) is 19.2 Å². The van der Waals surface area contributed by atoms with Crippen LogP contribution in [0.3, 0.4) is 0 Å². The first-order valence-corrected chi connectivity index (χ1v) is 7.89. The van der Waals surface area contributed by atoms with Gasteiger partial charge in [0.2, 0.25) is 15.9 Å². The van der Waals surface area contributed by atoms with E-state index in [1.165, 1.54) is 0 Å². The largest absolute Gasteiger partial charge is 0.439 e. The van der Waals surface area contributed by atoms with Gasteiger partial charge in [0, 0.05) is 12.6 Å². The lowest BCUT2D eigenvalue weighted by Crippen LogP contribution is -2.14. The van der Waals surface area contributed by atoms with Crippen LogP contribution in [0.1, 0.15) is 17.1 Å². The molecule has 8 heteroatoms. The SMILES string of the molecule is Cc1nc(CN)cc(Oc2ccc(CS(N)(=O)=O)cc2)n1. The summed E-state index contributed by atoms with van der Waals surface area (Å²) < 4.78 is 27.6. The van der Waals surface area contributed by atoms with Gasteiger partial charge in [0.15, 0.2) is 0 Å². The van der Waals surface area contributed by atoms with Crippen LogP contribution in [-0.2, 0) is 22.3 Å². The van der Waals surface area contributed by atoms with Gasteiger partial charge in [-0.25, -0.2) is 18.5 Å². The fourth-order valence-electron chi connectivity index (χ4n) is 1.76. The van der Waals surface area contributed by atoms with Gasteiger partial charge in [0.05, 0.1) is 11.4 Å². The van der Waals surface area contributed by atoms with E-state index in [-0.39, 0.29) is 5.75 Å². The number of hydrogen-bond acceptors (Lipinski definition) is 6. The molecule has 0 fully saturated rings. The van der Waals surface area contributed by atoms with Gasteiger partial charge < -0.3 is 10.5 Å². The minimum atomic E-state index is -3.54. The third kappa shape index (κ3) is 4.78. The Kier molecular flexibility index (Phi) is 4.51. The Morgan fingerprint density at radius 1 is 1.19 bits per heavy atom. The maximum Gasteiger partial charge on any atom is 0.222 e. The summed E-state index contributed by atoms with van der Waals surface area (Å²) in [6, 6.07) is 8.24. The molecule has 0 atom stereocenters. The molecule has 4 N–H and O–H groups in total. The molecule has 1 aromatic heterocycles. The molecular formula is C13H16N4O3S. The second kappa shape index (κ2) is 6.17. The van der Waals surface area contributed by atoms with Crippen molar-refractivity contribution in [2.75, 3.05) is 0 Å². The minimum absolute atomic E-state index is 0.211. The van der Waals surface area contributed by atoms with Gasteiger partial charge in [0.1, 0.15) is 11.6 Å². The molecule has 2 aromatic rings. The Balaban J connectivity index is 2.15. The Hall–Kier alpha value is -2.03. The third-order valence-corrected chi connectivity index (χ3v) is 3.33. The Morgan fingerprint density at radius 2 is 1.86 bits per heavy atom. The maximum atomic E-state index is 11.0. The van der Waals surface area contributed by atoms with Crippen LogP contribution < -0.4 is 15.6 Å². The molecule has 0 saturated carbocycles. The molecule has 0 aliphatic rings. The molecule has 2 rings (SSSR count). The van der Waals surface area contributed by atoms with E-state index in [0.29, 0.717) is 35.3 Å². The number of nitrogens with two attached hydrogens (primary N) is 2. The third-order valence-electron chi connectivity index (χ3n) is 2.59. The van der Waals surface area contributed by atoms with Crippen LogP contribution in [0.5, 0.6) is 11.6 Å². The van der Waals surface area contributed by atoms with E-state index in [0.717, 1.165) is 0 Å². The molecule has 1 aromatic carbocycles. The van der Waals surface area contributed by atoms with E-state index < -0.39 is 10.0 Å². The number of aryl methyl sites for hydroxylation is 1. The fraction of sp³-hybridized carbons (Fsp3) is 0.231. The predicted molar refractivity (Wildman–Crippen MR) is 78.0 cm³/mol. The zero-order valence-electron chi connectivity index (χ0n) is 11.5. The summed E-state index contributed by atoms with van der Waals surface area (Å²) in [5, 5.41) is 4.99. The molecule has 0 unspecified atom stereocenters. The Bertz CT molecular complexity index is 730. The molecule has 0 aliphatic heterocycles. The molecule has 0 spiro atoms. The number of benzene rings is 1. The Labute approximate surface area is 123 Å². The molecule has 1 heterocycles. The van der Waals surface area contributed by atoms with Gasteiger partial charge >= 0.3 is 0 Å². The lowest BCUT2D eigenvalue weighted by molar-refractivity contribution is 0.458. The first kappa shape index (κ1) is 15.4. The van der Waals surface area contributed by atoms with E-state index in [4.69, 9.17) is 15.6 Å². The summed E-state index contributed by atoms with van der Waals surface area (Å²) in [6.45, 7) is 2.05. The molecule has 7 nitrogen and oxygen atoms in total. The van der Waals surface area contributed by atoms with Crippen LogP contribution in [0.15, 0.2) is 30.3 Å². The first-order valence-electron chi connectivity index (χ1n) is 6.17. The predicted octanol–water partition coefficient (Wildman–Crippen LogP) is 0.825. The van der Waals surface area contributed by atoms with Crippen molar-refractivity contribution in [3.05, 3.63) is 47.4 Å². The fourth-order valence-corrected chi connectivity index (χ4v) is 2.42. The van der Waals surface area contributed by atoms with Gasteiger partial charge in [-0.3, -0.25) is 0 Å². The molecule has 0 radical (unpaired) electrons. The van der Waals surface area contributed by atoms with Crippen molar-refractivity contribution in [3.63, 3.8) is 0 Å². The number of ether oxygens (including phenoxy) is 1. The second-order valence-corrected chi connectivity index (χ2v) is 6.12. The highest BCUT2D eigenvalue weighted by Gasteiger charge is 2.06. The highest BCUT2D eigenvalue weighted by atomic mass is 32.2. The van der Waals surface area contributed by atoms with E-state index >= 15 is 0 Å². The Morgan fingerprint density at radius 3 is 2.43 bits per heavy atom. The van der Waals surface area contributed by atoms with Gasteiger partial charge in [0.25, 0.3) is 0 Å². The molecule has 112 valence electrons. The summed E-state index contributed by atoms with van der Waals surface area (Å²) in [6.07, 6.45) is 0. The van der Waals surface area contributed by atoms with Crippen molar-refractivity contribution in [2.24, 2.45) is 10.9 Å². The number of primary sulfonamides is 1. The van der Waals surface area contributed by atoms with E-state index in [2.05, 4.69) is 9.97 Å². The van der Waals surface area contributed by atoms with Crippen LogP contribution in [0.25, 0.3) is 0 Å². The number of rotatable bonds is 5. The summed E-state index contributed by atoms with van der Waals surface area (Å²) in [7, 11) is -3.54.